The Labute approximate surface area is 114 Å². The second-order valence-electron chi connectivity index (χ2n) is 4.57. The van der Waals surface area contributed by atoms with Crippen LogP contribution in [0.25, 0.3) is 0 Å². The molecule has 0 radical (unpaired) electrons. The molecule has 1 aromatic carbocycles. The first-order valence-corrected chi connectivity index (χ1v) is 6.37. The van der Waals surface area contributed by atoms with E-state index in [9.17, 15) is 9.59 Å². The number of aromatic nitrogens is 3. The van der Waals surface area contributed by atoms with E-state index in [4.69, 9.17) is 4.74 Å². The van der Waals surface area contributed by atoms with Gasteiger partial charge in [0.25, 0.3) is 0 Å². The highest BCUT2D eigenvalue weighted by molar-refractivity contribution is 5.85. The number of amides is 1. The number of nitrogens with zero attached hydrogens (tertiary/aromatic N) is 1. The van der Waals surface area contributed by atoms with Crippen molar-refractivity contribution in [1.82, 2.24) is 20.5 Å². The van der Waals surface area contributed by atoms with Crippen molar-refractivity contribution in [3.63, 3.8) is 0 Å². The van der Waals surface area contributed by atoms with Gasteiger partial charge in [0.2, 0.25) is 5.91 Å². The molecule has 1 atom stereocenters. The molecule has 7 heteroatoms. The SMILES string of the molecule is O=C(NCCc1n[nH]c(=O)[nH]1)[C@H]1COc2ccccc21. The minimum absolute atomic E-state index is 0.0761. The first-order valence-electron chi connectivity index (χ1n) is 6.37. The van der Waals surface area contributed by atoms with Crippen molar-refractivity contribution >= 4 is 5.91 Å². The van der Waals surface area contributed by atoms with Crippen molar-refractivity contribution in [3.05, 3.63) is 46.1 Å². The molecule has 0 saturated carbocycles. The molecule has 7 nitrogen and oxygen atoms in total. The number of benzene rings is 1. The van der Waals surface area contributed by atoms with E-state index in [-0.39, 0.29) is 17.5 Å². The first-order chi connectivity index (χ1) is 9.74. The van der Waals surface area contributed by atoms with Gasteiger partial charge in [-0.25, -0.2) is 9.89 Å². The van der Waals surface area contributed by atoms with Crippen LogP contribution in [0, 0.1) is 0 Å². The Hall–Kier alpha value is -2.57. The van der Waals surface area contributed by atoms with Gasteiger partial charge in [0.1, 0.15) is 24.1 Å². The molecule has 1 aliphatic heterocycles. The summed E-state index contributed by atoms with van der Waals surface area (Å²) in [5, 5.41) is 8.89. The maximum Gasteiger partial charge on any atom is 0.340 e. The molecule has 1 amide bonds. The minimum Gasteiger partial charge on any atom is -0.492 e. The molecule has 0 bridgehead atoms. The molecule has 0 aliphatic carbocycles. The van der Waals surface area contributed by atoms with Gasteiger partial charge in [0.15, 0.2) is 0 Å². The second kappa shape index (κ2) is 5.20. The zero-order valence-corrected chi connectivity index (χ0v) is 10.7. The van der Waals surface area contributed by atoms with Crippen molar-refractivity contribution < 1.29 is 9.53 Å². The standard InChI is InChI=1S/C13H14N4O3/c18-12(14-6-5-11-15-13(19)17-16-11)9-7-20-10-4-2-1-3-8(9)10/h1-4,9H,5-7H2,(H,14,18)(H2,15,16,17,19)/t9-/m0/s1. The third kappa shape index (κ3) is 2.42. The molecule has 2 heterocycles. The maximum atomic E-state index is 12.1. The van der Waals surface area contributed by atoms with Crippen LogP contribution in [0.5, 0.6) is 5.75 Å². The van der Waals surface area contributed by atoms with E-state index in [1.165, 1.54) is 0 Å². The Morgan fingerprint density at radius 2 is 2.30 bits per heavy atom. The monoisotopic (exact) mass is 274 g/mol. The summed E-state index contributed by atoms with van der Waals surface area (Å²) in [4.78, 5) is 25.5. The van der Waals surface area contributed by atoms with Crippen molar-refractivity contribution in [2.75, 3.05) is 13.2 Å². The molecule has 1 aromatic heterocycles. The average molecular weight is 274 g/mol. The van der Waals surface area contributed by atoms with E-state index in [1.807, 2.05) is 24.3 Å². The Morgan fingerprint density at radius 3 is 3.10 bits per heavy atom. The molecule has 0 spiro atoms. The topological polar surface area (TPSA) is 99.9 Å². The minimum atomic E-state index is -0.343. The number of carbonyl (C=O) groups is 1. The van der Waals surface area contributed by atoms with Crippen molar-refractivity contribution in [2.45, 2.75) is 12.3 Å². The van der Waals surface area contributed by atoms with Crippen LogP contribution in [0.2, 0.25) is 0 Å². The summed E-state index contributed by atoms with van der Waals surface area (Å²) in [5.41, 5.74) is 0.572. The molecule has 104 valence electrons. The molecule has 1 aliphatic rings. The van der Waals surface area contributed by atoms with Gasteiger partial charge in [0, 0.05) is 18.5 Å². The number of ether oxygens (including phenoxy) is 1. The number of carbonyl (C=O) groups excluding carboxylic acids is 1. The molecule has 0 unspecified atom stereocenters. The molecule has 3 N–H and O–H groups in total. The van der Waals surface area contributed by atoms with Crippen molar-refractivity contribution in [1.29, 1.82) is 0 Å². The quantitative estimate of drug-likeness (QED) is 0.726. The number of fused-ring (bicyclic) bond motifs is 1. The van der Waals surface area contributed by atoms with Crippen LogP contribution in [0.3, 0.4) is 0 Å². The fourth-order valence-electron chi connectivity index (χ4n) is 2.23. The van der Waals surface area contributed by atoms with E-state index in [0.29, 0.717) is 25.4 Å². The Kier molecular flexibility index (Phi) is 3.24. The van der Waals surface area contributed by atoms with Crippen LogP contribution in [-0.4, -0.2) is 34.2 Å². The second-order valence-corrected chi connectivity index (χ2v) is 4.57. The number of para-hydroxylation sites is 1. The molecular formula is C13H14N4O3. The molecule has 3 rings (SSSR count). The highest BCUT2D eigenvalue weighted by Gasteiger charge is 2.29. The highest BCUT2D eigenvalue weighted by Crippen LogP contribution is 2.33. The van der Waals surface area contributed by atoms with Crippen molar-refractivity contribution in [3.8, 4) is 5.75 Å². The summed E-state index contributed by atoms with van der Waals surface area (Å²) in [6.45, 7) is 0.780. The lowest BCUT2D eigenvalue weighted by atomic mass is 10.0. The number of hydrogen-bond donors (Lipinski definition) is 3. The summed E-state index contributed by atoms with van der Waals surface area (Å²) in [7, 11) is 0. The van der Waals surface area contributed by atoms with Crippen LogP contribution < -0.4 is 15.7 Å². The summed E-state index contributed by atoms with van der Waals surface area (Å²) >= 11 is 0. The highest BCUT2D eigenvalue weighted by atomic mass is 16.5. The van der Waals surface area contributed by atoms with E-state index in [0.717, 1.165) is 11.3 Å². The number of rotatable bonds is 4. The largest absolute Gasteiger partial charge is 0.492 e. The summed E-state index contributed by atoms with van der Waals surface area (Å²) < 4.78 is 5.47. The predicted molar refractivity (Wildman–Crippen MR) is 70.6 cm³/mol. The van der Waals surface area contributed by atoms with Crippen LogP contribution in [-0.2, 0) is 11.2 Å². The van der Waals surface area contributed by atoms with Gasteiger partial charge in [-0.1, -0.05) is 18.2 Å². The number of aromatic amines is 2. The molecule has 2 aromatic rings. The van der Waals surface area contributed by atoms with Gasteiger partial charge in [-0.3, -0.25) is 9.78 Å². The van der Waals surface area contributed by atoms with E-state index >= 15 is 0 Å². The molecular weight excluding hydrogens is 260 g/mol. The number of H-pyrrole nitrogens is 2. The third-order valence-electron chi connectivity index (χ3n) is 3.23. The molecule has 20 heavy (non-hydrogen) atoms. The van der Waals surface area contributed by atoms with Crippen LogP contribution in [0.15, 0.2) is 29.1 Å². The van der Waals surface area contributed by atoms with Crippen molar-refractivity contribution in [2.24, 2.45) is 0 Å². The fourth-order valence-corrected chi connectivity index (χ4v) is 2.23. The van der Waals surface area contributed by atoms with Gasteiger partial charge in [-0.2, -0.15) is 5.10 Å². The smallest absolute Gasteiger partial charge is 0.340 e. The normalized spacial score (nSPS) is 16.5. The Balaban J connectivity index is 1.57. The van der Waals surface area contributed by atoms with E-state index < -0.39 is 0 Å². The van der Waals surface area contributed by atoms with Crippen LogP contribution >= 0.6 is 0 Å². The lowest BCUT2D eigenvalue weighted by Crippen LogP contribution is -2.31. The Bertz CT molecular complexity index is 676. The summed E-state index contributed by atoms with van der Waals surface area (Å²) in [6.07, 6.45) is 0.472. The van der Waals surface area contributed by atoms with Crippen LogP contribution in [0.4, 0.5) is 0 Å². The van der Waals surface area contributed by atoms with E-state index in [2.05, 4.69) is 20.5 Å². The maximum absolute atomic E-state index is 12.1. The summed E-state index contributed by atoms with van der Waals surface area (Å²) in [5.74, 6) is 0.944. The van der Waals surface area contributed by atoms with Gasteiger partial charge in [-0.05, 0) is 6.07 Å². The zero-order chi connectivity index (χ0) is 13.9. The third-order valence-corrected chi connectivity index (χ3v) is 3.23. The van der Waals surface area contributed by atoms with Gasteiger partial charge >= 0.3 is 5.69 Å². The van der Waals surface area contributed by atoms with E-state index in [1.54, 1.807) is 0 Å². The number of hydrogen-bond acceptors (Lipinski definition) is 4. The first kappa shape index (κ1) is 12.5. The number of nitrogens with one attached hydrogen (secondary N) is 3. The average Bonchev–Trinajstić information content (AvgIpc) is 3.05. The summed E-state index contributed by atoms with van der Waals surface area (Å²) in [6, 6.07) is 7.53. The Morgan fingerprint density at radius 1 is 1.45 bits per heavy atom. The fraction of sp³-hybridized carbons (Fsp3) is 0.308. The van der Waals surface area contributed by atoms with Gasteiger partial charge in [-0.15, -0.1) is 0 Å². The predicted octanol–water partition coefficient (Wildman–Crippen LogP) is -0.0671. The zero-order valence-electron chi connectivity index (χ0n) is 10.7. The van der Waals surface area contributed by atoms with Gasteiger partial charge in [0.05, 0.1) is 0 Å². The van der Waals surface area contributed by atoms with Gasteiger partial charge < -0.3 is 10.1 Å². The lowest BCUT2D eigenvalue weighted by Gasteiger charge is -2.09. The molecule has 0 fully saturated rings. The lowest BCUT2D eigenvalue weighted by molar-refractivity contribution is -0.122. The van der Waals surface area contributed by atoms with Crippen LogP contribution in [0.1, 0.15) is 17.3 Å². The molecule has 0 saturated heterocycles.